The first kappa shape index (κ1) is 24.5. The fraction of sp³-hybridized carbons (Fsp3) is 0.296. The molecule has 0 aliphatic rings. The molecule has 3 aromatic rings. The minimum absolute atomic E-state index is 0.158. The van der Waals surface area contributed by atoms with Crippen LogP contribution in [-0.4, -0.2) is 20.9 Å². The van der Waals surface area contributed by atoms with Gasteiger partial charge in [0.2, 0.25) is 5.91 Å². The Balaban J connectivity index is 1.94. The molecule has 6 heteroatoms. The molecule has 0 aliphatic carbocycles. The van der Waals surface area contributed by atoms with E-state index in [2.05, 4.69) is 11.4 Å². The van der Waals surface area contributed by atoms with Crippen molar-refractivity contribution in [1.29, 1.82) is 0 Å². The summed E-state index contributed by atoms with van der Waals surface area (Å²) in [4.78, 5) is 13.3. The van der Waals surface area contributed by atoms with E-state index in [1.165, 1.54) is 4.31 Å². The third-order valence-corrected chi connectivity index (χ3v) is 7.60. The molecule has 1 amide bonds. The topological polar surface area (TPSA) is 66.5 Å². The van der Waals surface area contributed by atoms with Gasteiger partial charge in [-0.2, -0.15) is 0 Å². The zero-order valence-electron chi connectivity index (χ0n) is 19.9. The van der Waals surface area contributed by atoms with Crippen LogP contribution in [0, 0.1) is 27.7 Å². The van der Waals surface area contributed by atoms with Crippen LogP contribution in [0.1, 0.15) is 47.2 Å². The van der Waals surface area contributed by atoms with E-state index in [1.54, 1.807) is 36.4 Å². The van der Waals surface area contributed by atoms with E-state index in [4.69, 9.17) is 0 Å². The van der Waals surface area contributed by atoms with Crippen molar-refractivity contribution in [3.8, 4) is 0 Å². The third-order valence-electron chi connectivity index (χ3n) is 5.82. The Morgan fingerprint density at radius 3 is 2.12 bits per heavy atom. The fourth-order valence-electron chi connectivity index (χ4n) is 3.97. The van der Waals surface area contributed by atoms with Gasteiger partial charge in [-0.1, -0.05) is 66.6 Å². The van der Waals surface area contributed by atoms with Crippen LogP contribution >= 0.6 is 0 Å². The summed E-state index contributed by atoms with van der Waals surface area (Å²) in [5.74, 6) is -0.347. The Kier molecular flexibility index (Phi) is 7.59. The second-order valence-electron chi connectivity index (χ2n) is 8.50. The number of nitrogens with one attached hydrogen (secondary N) is 1. The Bertz CT molecular complexity index is 1230. The van der Waals surface area contributed by atoms with Gasteiger partial charge in [-0.05, 0) is 69.0 Å². The van der Waals surface area contributed by atoms with E-state index in [0.717, 1.165) is 27.8 Å². The summed E-state index contributed by atoms with van der Waals surface area (Å²) in [6.07, 6.45) is 0.699. The number of hydrogen-bond acceptors (Lipinski definition) is 3. The minimum Gasteiger partial charge on any atom is -0.348 e. The van der Waals surface area contributed by atoms with Crippen LogP contribution in [0.3, 0.4) is 0 Å². The number of para-hydroxylation sites is 1. The number of aryl methyl sites for hydroxylation is 4. The van der Waals surface area contributed by atoms with Gasteiger partial charge in [0, 0.05) is 0 Å². The van der Waals surface area contributed by atoms with Crippen molar-refractivity contribution >= 4 is 21.6 Å². The molecule has 3 aromatic carbocycles. The molecule has 0 spiro atoms. The molecule has 0 bridgehead atoms. The van der Waals surface area contributed by atoms with Crippen molar-refractivity contribution in [3.05, 3.63) is 94.5 Å². The van der Waals surface area contributed by atoms with Gasteiger partial charge in [0.1, 0.15) is 6.54 Å². The van der Waals surface area contributed by atoms with Crippen molar-refractivity contribution in [1.82, 2.24) is 5.32 Å². The van der Waals surface area contributed by atoms with Gasteiger partial charge in [0.25, 0.3) is 10.0 Å². The first-order valence-corrected chi connectivity index (χ1v) is 12.6. The molecule has 0 saturated heterocycles. The molecule has 3 rings (SSSR count). The maximum Gasteiger partial charge on any atom is 0.264 e. The maximum atomic E-state index is 13.6. The second kappa shape index (κ2) is 10.2. The summed E-state index contributed by atoms with van der Waals surface area (Å²) in [6, 6.07) is 19.8. The van der Waals surface area contributed by atoms with Crippen molar-refractivity contribution in [3.63, 3.8) is 0 Å². The smallest absolute Gasteiger partial charge is 0.264 e. The van der Waals surface area contributed by atoms with Crippen molar-refractivity contribution < 1.29 is 13.2 Å². The van der Waals surface area contributed by atoms with E-state index in [9.17, 15) is 13.2 Å². The Labute approximate surface area is 197 Å². The third kappa shape index (κ3) is 5.63. The van der Waals surface area contributed by atoms with Gasteiger partial charge in [-0.3, -0.25) is 9.10 Å². The van der Waals surface area contributed by atoms with Gasteiger partial charge < -0.3 is 5.32 Å². The summed E-state index contributed by atoms with van der Waals surface area (Å²) in [6.45, 7) is 9.51. The summed E-state index contributed by atoms with van der Waals surface area (Å²) >= 11 is 0. The molecular weight excluding hydrogens is 432 g/mol. The SMILES string of the molecule is CCC(NC(=O)CN(c1ccccc1C)S(=O)(=O)c1ccc(C)cc1)c1ccc(C)cc1C. The van der Waals surface area contributed by atoms with E-state index >= 15 is 0 Å². The molecule has 5 nitrogen and oxygen atoms in total. The highest BCUT2D eigenvalue weighted by atomic mass is 32.2. The Hall–Kier alpha value is -3.12. The van der Waals surface area contributed by atoms with E-state index in [-0.39, 0.29) is 23.4 Å². The van der Waals surface area contributed by atoms with Crippen LogP contribution in [0.2, 0.25) is 0 Å². The molecular formula is C27H32N2O3S. The standard InChI is InChI=1S/C27H32N2O3S/c1-6-25(24-16-13-20(3)17-22(24)5)28-27(30)18-29(26-10-8-7-9-21(26)4)33(31,32)23-14-11-19(2)12-15-23/h7-17,25H,6,18H2,1-5H3,(H,28,30). The predicted octanol–water partition coefficient (Wildman–Crippen LogP) is 5.38. The number of hydrogen-bond donors (Lipinski definition) is 1. The van der Waals surface area contributed by atoms with Gasteiger partial charge in [-0.15, -0.1) is 0 Å². The van der Waals surface area contributed by atoms with Crippen LogP contribution in [0.5, 0.6) is 0 Å². The minimum atomic E-state index is -3.94. The normalized spacial score (nSPS) is 12.3. The molecule has 0 saturated carbocycles. The van der Waals surface area contributed by atoms with Crippen LogP contribution in [0.15, 0.2) is 71.6 Å². The van der Waals surface area contributed by atoms with Crippen LogP contribution < -0.4 is 9.62 Å². The van der Waals surface area contributed by atoms with E-state index in [0.29, 0.717) is 12.1 Å². The first-order valence-electron chi connectivity index (χ1n) is 11.1. The van der Waals surface area contributed by atoms with E-state index in [1.807, 2.05) is 58.9 Å². The Morgan fingerprint density at radius 2 is 1.52 bits per heavy atom. The molecule has 174 valence electrons. The number of carbonyl (C=O) groups is 1. The molecule has 33 heavy (non-hydrogen) atoms. The zero-order valence-corrected chi connectivity index (χ0v) is 20.7. The average Bonchev–Trinajstić information content (AvgIpc) is 2.77. The largest absolute Gasteiger partial charge is 0.348 e. The molecule has 0 radical (unpaired) electrons. The molecule has 1 unspecified atom stereocenters. The lowest BCUT2D eigenvalue weighted by atomic mass is 9.97. The van der Waals surface area contributed by atoms with Crippen LogP contribution in [0.25, 0.3) is 0 Å². The molecule has 1 N–H and O–H groups in total. The van der Waals surface area contributed by atoms with Gasteiger partial charge in [0.05, 0.1) is 16.6 Å². The molecule has 0 fully saturated rings. The van der Waals surface area contributed by atoms with Crippen LogP contribution in [-0.2, 0) is 14.8 Å². The number of benzene rings is 3. The molecule has 0 heterocycles. The number of carbonyl (C=O) groups excluding carboxylic acids is 1. The number of nitrogens with zero attached hydrogens (tertiary/aromatic N) is 1. The quantitative estimate of drug-likeness (QED) is 0.486. The highest BCUT2D eigenvalue weighted by molar-refractivity contribution is 7.92. The molecule has 0 aliphatic heterocycles. The summed E-state index contributed by atoms with van der Waals surface area (Å²) in [5.41, 5.74) is 5.54. The van der Waals surface area contributed by atoms with Crippen molar-refractivity contribution in [2.75, 3.05) is 10.8 Å². The number of rotatable bonds is 8. The monoisotopic (exact) mass is 464 g/mol. The maximum absolute atomic E-state index is 13.6. The molecule has 0 aromatic heterocycles. The Morgan fingerprint density at radius 1 is 0.879 bits per heavy atom. The lowest BCUT2D eigenvalue weighted by molar-refractivity contribution is -0.120. The lowest BCUT2D eigenvalue weighted by Crippen LogP contribution is -2.42. The summed E-state index contributed by atoms with van der Waals surface area (Å²) < 4.78 is 28.4. The zero-order chi connectivity index (χ0) is 24.2. The first-order chi connectivity index (χ1) is 15.6. The average molecular weight is 465 g/mol. The predicted molar refractivity (Wildman–Crippen MR) is 134 cm³/mol. The number of sulfonamides is 1. The number of amides is 1. The summed E-state index contributed by atoms with van der Waals surface area (Å²) in [7, 11) is -3.94. The highest BCUT2D eigenvalue weighted by Crippen LogP contribution is 2.27. The van der Waals surface area contributed by atoms with Crippen molar-refractivity contribution in [2.24, 2.45) is 0 Å². The fourth-order valence-corrected chi connectivity index (χ4v) is 5.45. The molecule has 1 atom stereocenters. The van der Waals surface area contributed by atoms with Crippen molar-refractivity contribution in [2.45, 2.75) is 52.0 Å². The van der Waals surface area contributed by atoms with Gasteiger partial charge >= 0.3 is 0 Å². The second-order valence-corrected chi connectivity index (χ2v) is 10.4. The lowest BCUT2D eigenvalue weighted by Gasteiger charge is -2.27. The van der Waals surface area contributed by atoms with Gasteiger partial charge in [0.15, 0.2) is 0 Å². The van der Waals surface area contributed by atoms with Gasteiger partial charge in [-0.25, -0.2) is 8.42 Å². The summed E-state index contributed by atoms with van der Waals surface area (Å²) in [5, 5.41) is 3.05. The number of anilines is 1. The highest BCUT2D eigenvalue weighted by Gasteiger charge is 2.29. The van der Waals surface area contributed by atoms with E-state index < -0.39 is 10.0 Å². The van der Waals surface area contributed by atoms with Crippen LogP contribution in [0.4, 0.5) is 5.69 Å².